The molecule has 0 amide bonds. The van der Waals surface area contributed by atoms with Crippen LogP contribution < -0.4 is 4.72 Å². The van der Waals surface area contributed by atoms with Gasteiger partial charge in [-0.15, -0.1) is 0 Å². The van der Waals surface area contributed by atoms with Crippen molar-refractivity contribution < 1.29 is 28.2 Å². The largest absolute Gasteiger partial charge is 0.507 e. The van der Waals surface area contributed by atoms with Crippen LogP contribution in [-0.4, -0.2) is 69.4 Å². The van der Waals surface area contributed by atoms with E-state index in [0.717, 1.165) is 44.6 Å². The smallest absolute Gasteiger partial charge is 0.339 e. The molecule has 9 heteroatoms. The van der Waals surface area contributed by atoms with Crippen molar-refractivity contribution in [2.75, 3.05) is 39.9 Å². The zero-order valence-electron chi connectivity index (χ0n) is 14.1. The number of nitrogens with zero attached hydrogens (tertiary/aromatic N) is 1. The number of nitrogens with one attached hydrogen (secondary N) is 1. The van der Waals surface area contributed by atoms with E-state index in [0.29, 0.717) is 6.61 Å². The lowest BCUT2D eigenvalue weighted by atomic mass is 9.98. The van der Waals surface area contributed by atoms with Crippen molar-refractivity contribution in [2.24, 2.45) is 5.92 Å². The Bertz CT molecular complexity index is 707. The topological polar surface area (TPSA) is 116 Å². The number of sulfonamides is 1. The number of methoxy groups -OCH3 is 1. The molecular formula is C16H24N2O6S. The van der Waals surface area contributed by atoms with Crippen molar-refractivity contribution in [1.82, 2.24) is 9.62 Å². The average Bonchev–Trinajstić information content (AvgIpc) is 2.58. The summed E-state index contributed by atoms with van der Waals surface area (Å²) in [5, 5.41) is 18.5. The second kappa shape index (κ2) is 8.61. The Morgan fingerprint density at radius 2 is 2.20 bits per heavy atom. The van der Waals surface area contributed by atoms with E-state index >= 15 is 0 Å². The summed E-state index contributed by atoms with van der Waals surface area (Å²) in [6.07, 6.45) is 1.93. The molecule has 1 saturated heterocycles. The number of piperidine rings is 1. The van der Waals surface area contributed by atoms with E-state index < -0.39 is 27.3 Å². The number of hydrogen-bond acceptors (Lipinski definition) is 6. The highest BCUT2D eigenvalue weighted by atomic mass is 32.2. The van der Waals surface area contributed by atoms with Crippen molar-refractivity contribution in [3.63, 3.8) is 0 Å². The van der Waals surface area contributed by atoms with Crippen LogP contribution in [0.15, 0.2) is 23.1 Å². The van der Waals surface area contributed by atoms with E-state index in [1.165, 1.54) is 6.07 Å². The first-order valence-corrected chi connectivity index (χ1v) is 9.59. The molecule has 1 heterocycles. The van der Waals surface area contributed by atoms with Crippen LogP contribution in [0.3, 0.4) is 0 Å². The van der Waals surface area contributed by atoms with E-state index in [2.05, 4.69) is 9.62 Å². The maximum absolute atomic E-state index is 12.4. The molecule has 1 aromatic rings. The van der Waals surface area contributed by atoms with E-state index in [-0.39, 0.29) is 17.4 Å². The van der Waals surface area contributed by atoms with Gasteiger partial charge in [-0.2, -0.15) is 0 Å². The molecule has 8 nitrogen and oxygen atoms in total. The Balaban J connectivity index is 1.99. The fourth-order valence-electron chi connectivity index (χ4n) is 2.91. The number of aromatic carboxylic acids is 1. The minimum absolute atomic E-state index is 0.172. The number of carbonyl (C=O) groups is 1. The van der Waals surface area contributed by atoms with Gasteiger partial charge in [-0.1, -0.05) is 0 Å². The number of phenols is 1. The monoisotopic (exact) mass is 372 g/mol. The Labute approximate surface area is 147 Å². The first kappa shape index (κ1) is 19.6. The van der Waals surface area contributed by atoms with Gasteiger partial charge in [0.1, 0.15) is 11.3 Å². The third-order valence-electron chi connectivity index (χ3n) is 4.29. The number of benzene rings is 1. The molecule has 1 atom stereocenters. The van der Waals surface area contributed by atoms with E-state index in [1.54, 1.807) is 7.11 Å². The molecule has 1 aromatic carbocycles. The van der Waals surface area contributed by atoms with Crippen molar-refractivity contribution in [2.45, 2.75) is 17.7 Å². The van der Waals surface area contributed by atoms with Crippen LogP contribution in [0.4, 0.5) is 0 Å². The summed E-state index contributed by atoms with van der Waals surface area (Å²) in [5.74, 6) is -1.65. The van der Waals surface area contributed by atoms with Gasteiger partial charge in [0, 0.05) is 26.7 Å². The Kier molecular flexibility index (Phi) is 6.77. The Morgan fingerprint density at radius 1 is 1.44 bits per heavy atom. The van der Waals surface area contributed by atoms with Gasteiger partial charge in [0.15, 0.2) is 0 Å². The SMILES string of the molecule is COCCN1CCCC(CNS(=O)(=O)c2ccc(O)c(C(=O)O)c2)C1. The molecule has 1 fully saturated rings. The van der Waals surface area contributed by atoms with Gasteiger partial charge in [-0.3, -0.25) is 0 Å². The van der Waals surface area contributed by atoms with Gasteiger partial charge in [-0.25, -0.2) is 17.9 Å². The Morgan fingerprint density at radius 3 is 2.88 bits per heavy atom. The predicted octanol–water partition coefficient (Wildman–Crippen LogP) is 0.727. The molecule has 0 bridgehead atoms. The van der Waals surface area contributed by atoms with Gasteiger partial charge in [0.05, 0.1) is 11.5 Å². The molecule has 25 heavy (non-hydrogen) atoms. The van der Waals surface area contributed by atoms with Crippen LogP contribution in [0.1, 0.15) is 23.2 Å². The molecule has 3 N–H and O–H groups in total. The van der Waals surface area contributed by atoms with Gasteiger partial charge < -0.3 is 19.8 Å². The highest BCUT2D eigenvalue weighted by Gasteiger charge is 2.23. The highest BCUT2D eigenvalue weighted by Crippen LogP contribution is 2.22. The summed E-state index contributed by atoms with van der Waals surface area (Å²) < 4.78 is 32.4. The number of likely N-dealkylation sites (tertiary alicyclic amines) is 1. The zero-order chi connectivity index (χ0) is 18.4. The van der Waals surface area contributed by atoms with Crippen LogP contribution in [-0.2, 0) is 14.8 Å². The normalized spacial score (nSPS) is 19.0. The fraction of sp³-hybridized carbons (Fsp3) is 0.562. The van der Waals surface area contributed by atoms with Crippen molar-refractivity contribution >= 4 is 16.0 Å². The number of hydrogen-bond donors (Lipinski definition) is 3. The lowest BCUT2D eigenvalue weighted by Gasteiger charge is -2.32. The second-order valence-electron chi connectivity index (χ2n) is 6.14. The number of ether oxygens (including phenoxy) is 1. The molecule has 0 radical (unpaired) electrons. The summed E-state index contributed by atoms with van der Waals surface area (Å²) in [6.45, 7) is 3.52. The first-order valence-electron chi connectivity index (χ1n) is 8.10. The molecule has 140 valence electrons. The summed E-state index contributed by atoms with van der Waals surface area (Å²) in [7, 11) is -2.18. The fourth-order valence-corrected chi connectivity index (χ4v) is 4.05. The predicted molar refractivity (Wildman–Crippen MR) is 91.3 cm³/mol. The quantitative estimate of drug-likeness (QED) is 0.616. The molecule has 1 unspecified atom stereocenters. The number of carboxylic acid groups (broad SMARTS) is 1. The Hall–Kier alpha value is -1.68. The van der Waals surface area contributed by atoms with E-state index in [9.17, 15) is 18.3 Å². The van der Waals surface area contributed by atoms with Crippen LogP contribution in [0.2, 0.25) is 0 Å². The van der Waals surface area contributed by atoms with E-state index in [1.807, 2.05) is 0 Å². The van der Waals surface area contributed by atoms with Crippen LogP contribution in [0.25, 0.3) is 0 Å². The summed E-state index contributed by atoms with van der Waals surface area (Å²) in [5.41, 5.74) is -0.439. The van der Waals surface area contributed by atoms with Crippen LogP contribution in [0, 0.1) is 5.92 Å². The highest BCUT2D eigenvalue weighted by molar-refractivity contribution is 7.89. The number of rotatable bonds is 8. The molecule has 0 saturated carbocycles. The molecular weight excluding hydrogens is 348 g/mol. The summed E-state index contributed by atoms with van der Waals surface area (Å²) >= 11 is 0. The third kappa shape index (κ3) is 5.40. The first-order chi connectivity index (χ1) is 11.8. The lowest BCUT2D eigenvalue weighted by Crippen LogP contribution is -2.42. The molecule has 0 spiro atoms. The molecule has 2 rings (SSSR count). The van der Waals surface area contributed by atoms with Gasteiger partial charge >= 0.3 is 5.97 Å². The lowest BCUT2D eigenvalue weighted by molar-refractivity contribution is 0.0693. The van der Waals surface area contributed by atoms with Crippen LogP contribution in [0.5, 0.6) is 5.75 Å². The van der Waals surface area contributed by atoms with Crippen molar-refractivity contribution in [3.8, 4) is 5.75 Å². The molecule has 0 aliphatic carbocycles. The summed E-state index contributed by atoms with van der Waals surface area (Å²) in [6, 6.07) is 3.23. The standard InChI is InChI=1S/C16H24N2O6S/c1-24-8-7-18-6-2-3-12(11-18)10-17-25(22,23)13-4-5-15(19)14(9-13)16(20)21/h4-5,9,12,17,19H,2-3,6-8,10-11H2,1H3,(H,20,21). The van der Waals surface area contributed by atoms with Crippen LogP contribution >= 0.6 is 0 Å². The average molecular weight is 372 g/mol. The minimum Gasteiger partial charge on any atom is -0.507 e. The van der Waals surface area contributed by atoms with Gasteiger partial charge in [0.25, 0.3) is 0 Å². The zero-order valence-corrected chi connectivity index (χ0v) is 15.0. The second-order valence-corrected chi connectivity index (χ2v) is 7.90. The maximum Gasteiger partial charge on any atom is 0.339 e. The van der Waals surface area contributed by atoms with E-state index in [4.69, 9.17) is 9.84 Å². The van der Waals surface area contributed by atoms with Crippen molar-refractivity contribution in [1.29, 1.82) is 0 Å². The molecule has 1 aliphatic rings. The van der Waals surface area contributed by atoms with Gasteiger partial charge in [-0.05, 0) is 43.5 Å². The number of carboxylic acids is 1. The van der Waals surface area contributed by atoms with Crippen molar-refractivity contribution in [3.05, 3.63) is 23.8 Å². The third-order valence-corrected chi connectivity index (χ3v) is 5.71. The van der Waals surface area contributed by atoms with Gasteiger partial charge in [0.2, 0.25) is 10.0 Å². The summed E-state index contributed by atoms with van der Waals surface area (Å²) in [4.78, 5) is 13.1. The number of aromatic hydroxyl groups is 1. The molecule has 1 aliphatic heterocycles. The minimum atomic E-state index is -3.83. The maximum atomic E-state index is 12.4. The molecule has 0 aromatic heterocycles.